The molecule has 0 unspecified atom stereocenters. The van der Waals surface area contributed by atoms with Crippen molar-refractivity contribution in [1.29, 1.82) is 0 Å². The van der Waals surface area contributed by atoms with Crippen molar-refractivity contribution in [1.82, 2.24) is 4.90 Å². The van der Waals surface area contributed by atoms with E-state index in [4.69, 9.17) is 5.11 Å². The molecule has 1 aromatic carbocycles. The molecule has 0 radical (unpaired) electrons. The van der Waals surface area contributed by atoms with Gasteiger partial charge in [0.25, 0.3) is 0 Å². The zero-order valence-corrected chi connectivity index (χ0v) is 9.70. The van der Waals surface area contributed by atoms with Crippen LogP contribution in [0.4, 0.5) is 4.39 Å². The maximum atomic E-state index is 12.0. The topological polar surface area (TPSA) is 23.5 Å². The molecule has 2 nitrogen and oxygen atoms in total. The summed E-state index contributed by atoms with van der Waals surface area (Å²) in [5.74, 6) is -0.241. The molecule has 0 aliphatic carbocycles. The third-order valence-corrected chi connectivity index (χ3v) is 2.17. The molecule has 0 saturated carbocycles. The average Bonchev–Trinajstić information content (AvgIpc) is 2.26. The SMILES string of the molecule is CCN(CC)CC.Oc1ccc(F)cc1. The predicted octanol–water partition coefficient (Wildman–Crippen LogP) is 2.88. The molecule has 0 amide bonds. The van der Waals surface area contributed by atoms with Crippen LogP contribution in [-0.4, -0.2) is 29.6 Å². The van der Waals surface area contributed by atoms with Gasteiger partial charge in [-0.2, -0.15) is 0 Å². The van der Waals surface area contributed by atoms with E-state index in [1.54, 1.807) is 0 Å². The molecule has 0 atom stereocenters. The van der Waals surface area contributed by atoms with E-state index < -0.39 is 0 Å². The summed E-state index contributed by atoms with van der Waals surface area (Å²) in [5, 5.41) is 8.59. The Morgan fingerprint density at radius 2 is 1.40 bits per heavy atom. The fourth-order valence-corrected chi connectivity index (χ4v) is 1.11. The molecule has 0 spiro atoms. The van der Waals surface area contributed by atoms with Gasteiger partial charge in [-0.3, -0.25) is 0 Å². The van der Waals surface area contributed by atoms with E-state index in [0.717, 1.165) is 0 Å². The van der Waals surface area contributed by atoms with Gasteiger partial charge in [-0.15, -0.1) is 0 Å². The number of aromatic hydroxyl groups is 1. The van der Waals surface area contributed by atoms with Crippen LogP contribution in [0, 0.1) is 5.82 Å². The maximum absolute atomic E-state index is 12.0. The molecule has 0 aliphatic rings. The fourth-order valence-electron chi connectivity index (χ4n) is 1.11. The first-order chi connectivity index (χ1) is 7.13. The van der Waals surface area contributed by atoms with Gasteiger partial charge in [0.05, 0.1) is 0 Å². The van der Waals surface area contributed by atoms with Gasteiger partial charge in [-0.1, -0.05) is 20.8 Å². The Morgan fingerprint density at radius 3 is 1.60 bits per heavy atom. The highest BCUT2D eigenvalue weighted by molar-refractivity contribution is 5.19. The van der Waals surface area contributed by atoms with Crippen molar-refractivity contribution in [2.75, 3.05) is 19.6 Å². The van der Waals surface area contributed by atoms with E-state index in [9.17, 15) is 4.39 Å². The van der Waals surface area contributed by atoms with E-state index in [-0.39, 0.29) is 11.6 Å². The number of hydrogen-bond acceptors (Lipinski definition) is 2. The molecule has 0 bridgehead atoms. The standard InChI is InChI=1S/C6H5FO.C6H15N/c7-5-1-3-6(8)4-2-5;1-4-7(5-2)6-3/h1-4,8H;4-6H2,1-3H3. The lowest BCUT2D eigenvalue weighted by atomic mass is 10.3. The number of phenols is 1. The lowest BCUT2D eigenvalue weighted by molar-refractivity contribution is 0.321. The van der Waals surface area contributed by atoms with Gasteiger partial charge in [-0.25, -0.2) is 4.39 Å². The Hall–Kier alpha value is -1.09. The van der Waals surface area contributed by atoms with Crippen LogP contribution in [0.15, 0.2) is 24.3 Å². The number of rotatable bonds is 3. The maximum Gasteiger partial charge on any atom is 0.123 e. The van der Waals surface area contributed by atoms with Gasteiger partial charge in [0.2, 0.25) is 0 Å². The summed E-state index contributed by atoms with van der Waals surface area (Å²) < 4.78 is 12.0. The van der Waals surface area contributed by atoms with E-state index in [1.165, 1.54) is 43.9 Å². The molecular weight excluding hydrogens is 193 g/mol. The van der Waals surface area contributed by atoms with Crippen LogP contribution in [0.2, 0.25) is 0 Å². The van der Waals surface area contributed by atoms with Gasteiger partial charge in [0, 0.05) is 0 Å². The first kappa shape index (κ1) is 13.9. The lowest BCUT2D eigenvalue weighted by Gasteiger charge is -2.13. The minimum atomic E-state index is -0.331. The molecule has 86 valence electrons. The summed E-state index contributed by atoms with van der Waals surface area (Å²) in [5.41, 5.74) is 0. The molecule has 1 aromatic rings. The van der Waals surface area contributed by atoms with Crippen molar-refractivity contribution < 1.29 is 9.50 Å². The van der Waals surface area contributed by atoms with E-state index in [0.29, 0.717) is 0 Å². The first-order valence-electron chi connectivity index (χ1n) is 5.30. The molecule has 0 fully saturated rings. The Morgan fingerprint density at radius 1 is 1.00 bits per heavy atom. The lowest BCUT2D eigenvalue weighted by Crippen LogP contribution is -2.21. The van der Waals surface area contributed by atoms with E-state index in [2.05, 4.69) is 25.7 Å². The molecule has 0 saturated heterocycles. The van der Waals surface area contributed by atoms with Gasteiger partial charge >= 0.3 is 0 Å². The average molecular weight is 213 g/mol. The van der Waals surface area contributed by atoms with Crippen molar-refractivity contribution >= 4 is 0 Å². The number of hydrogen-bond donors (Lipinski definition) is 1. The van der Waals surface area contributed by atoms with Crippen molar-refractivity contribution in [3.8, 4) is 5.75 Å². The molecule has 1 N–H and O–H groups in total. The molecule has 1 rings (SSSR count). The molecule has 0 heterocycles. The largest absolute Gasteiger partial charge is 0.508 e. The predicted molar refractivity (Wildman–Crippen MR) is 61.5 cm³/mol. The Bertz CT molecular complexity index is 218. The third-order valence-electron chi connectivity index (χ3n) is 2.17. The summed E-state index contributed by atoms with van der Waals surface area (Å²) in [4.78, 5) is 2.38. The Balaban J connectivity index is 0.000000265. The highest BCUT2D eigenvalue weighted by Crippen LogP contribution is 2.06. The van der Waals surface area contributed by atoms with Crippen molar-refractivity contribution in [2.24, 2.45) is 0 Å². The highest BCUT2D eigenvalue weighted by atomic mass is 19.1. The summed E-state index contributed by atoms with van der Waals surface area (Å²) in [6.07, 6.45) is 0. The van der Waals surface area contributed by atoms with E-state index in [1.807, 2.05) is 0 Å². The monoisotopic (exact) mass is 213 g/mol. The number of nitrogens with zero attached hydrogens (tertiary/aromatic N) is 1. The number of benzene rings is 1. The zero-order valence-electron chi connectivity index (χ0n) is 9.70. The highest BCUT2D eigenvalue weighted by Gasteiger charge is 1.89. The quantitative estimate of drug-likeness (QED) is 0.834. The van der Waals surface area contributed by atoms with Crippen LogP contribution in [0.1, 0.15) is 20.8 Å². The zero-order chi connectivity index (χ0) is 11.7. The minimum absolute atomic E-state index is 0.0893. The van der Waals surface area contributed by atoms with Gasteiger partial charge < -0.3 is 10.0 Å². The molecule has 0 aromatic heterocycles. The Labute approximate surface area is 91.3 Å². The first-order valence-corrected chi connectivity index (χ1v) is 5.30. The van der Waals surface area contributed by atoms with Crippen LogP contribution in [0.5, 0.6) is 5.75 Å². The Kier molecular flexibility index (Phi) is 7.64. The summed E-state index contributed by atoms with van der Waals surface area (Å²) >= 11 is 0. The van der Waals surface area contributed by atoms with E-state index >= 15 is 0 Å². The van der Waals surface area contributed by atoms with Crippen LogP contribution in [-0.2, 0) is 0 Å². The number of halogens is 1. The van der Waals surface area contributed by atoms with Gasteiger partial charge in [0.1, 0.15) is 11.6 Å². The third kappa shape index (κ3) is 6.91. The van der Waals surface area contributed by atoms with Crippen molar-refractivity contribution in [3.63, 3.8) is 0 Å². The van der Waals surface area contributed by atoms with Crippen LogP contribution < -0.4 is 0 Å². The van der Waals surface area contributed by atoms with Gasteiger partial charge in [0.15, 0.2) is 0 Å². The van der Waals surface area contributed by atoms with Crippen molar-refractivity contribution in [2.45, 2.75) is 20.8 Å². The second-order valence-electron chi connectivity index (χ2n) is 3.10. The molecule has 3 heteroatoms. The second-order valence-corrected chi connectivity index (χ2v) is 3.10. The van der Waals surface area contributed by atoms with Crippen LogP contribution >= 0.6 is 0 Å². The number of phenolic OH excluding ortho intramolecular Hbond substituents is 1. The fraction of sp³-hybridized carbons (Fsp3) is 0.500. The normalized spacial score (nSPS) is 9.67. The van der Waals surface area contributed by atoms with Crippen LogP contribution in [0.3, 0.4) is 0 Å². The summed E-state index contributed by atoms with van der Waals surface area (Å²) in [6.45, 7) is 10.1. The van der Waals surface area contributed by atoms with Crippen molar-refractivity contribution in [3.05, 3.63) is 30.1 Å². The molecule has 0 aliphatic heterocycles. The molecular formula is C12H20FNO. The smallest absolute Gasteiger partial charge is 0.123 e. The summed E-state index contributed by atoms with van der Waals surface area (Å²) in [7, 11) is 0. The molecule has 15 heavy (non-hydrogen) atoms. The summed E-state index contributed by atoms with van der Waals surface area (Å²) in [6, 6.07) is 5.01. The minimum Gasteiger partial charge on any atom is -0.508 e. The second kappa shape index (κ2) is 8.24. The van der Waals surface area contributed by atoms with Gasteiger partial charge in [-0.05, 0) is 43.9 Å². The van der Waals surface area contributed by atoms with Crippen LogP contribution in [0.25, 0.3) is 0 Å².